The van der Waals surface area contributed by atoms with Crippen LogP contribution in [0.5, 0.6) is 0 Å². The third-order valence-corrected chi connectivity index (χ3v) is 2.47. The number of carbonyl (C=O) groups is 1. The Hall–Kier alpha value is -0.860. The van der Waals surface area contributed by atoms with Crippen molar-refractivity contribution in [3.63, 3.8) is 0 Å². The molecule has 0 atom stereocenters. The Morgan fingerprint density at radius 2 is 2.38 bits per heavy atom. The van der Waals surface area contributed by atoms with E-state index in [1.807, 2.05) is 19.9 Å². The highest BCUT2D eigenvalue weighted by molar-refractivity contribution is 5.95. The molecule has 0 heterocycles. The van der Waals surface area contributed by atoms with E-state index in [2.05, 4.69) is 5.32 Å². The van der Waals surface area contributed by atoms with Crippen molar-refractivity contribution in [2.45, 2.75) is 26.7 Å². The second-order valence-corrected chi connectivity index (χ2v) is 3.99. The van der Waals surface area contributed by atoms with Crippen molar-refractivity contribution in [2.75, 3.05) is 13.2 Å². The molecule has 3 heteroatoms. The average Bonchev–Trinajstić information content (AvgIpc) is 2.41. The fraction of sp³-hybridized carbons (Fsp3) is 0.700. The molecular weight excluding hydrogens is 169 g/mol. The highest BCUT2D eigenvalue weighted by Crippen LogP contribution is 2.37. The summed E-state index contributed by atoms with van der Waals surface area (Å²) in [6.07, 6.45) is 3.91. The molecule has 0 spiro atoms. The number of carbonyl (C=O) groups excluding carboxylic acids is 1. The van der Waals surface area contributed by atoms with Gasteiger partial charge in [-0.05, 0) is 18.3 Å². The molecule has 0 aliphatic heterocycles. The monoisotopic (exact) mass is 185 g/mol. The van der Waals surface area contributed by atoms with Gasteiger partial charge < -0.3 is 5.32 Å². The lowest BCUT2D eigenvalue weighted by atomic mass is 9.85. The van der Waals surface area contributed by atoms with E-state index in [4.69, 9.17) is 0 Å². The van der Waals surface area contributed by atoms with E-state index in [-0.39, 0.29) is 17.9 Å². The van der Waals surface area contributed by atoms with Gasteiger partial charge in [-0.1, -0.05) is 19.9 Å². The zero-order chi connectivity index (χ0) is 9.90. The summed E-state index contributed by atoms with van der Waals surface area (Å²) < 4.78 is 11.8. The van der Waals surface area contributed by atoms with E-state index in [9.17, 15) is 9.18 Å². The Labute approximate surface area is 78.2 Å². The third kappa shape index (κ3) is 2.29. The molecule has 0 saturated heterocycles. The van der Waals surface area contributed by atoms with Gasteiger partial charge in [0, 0.05) is 12.1 Å². The van der Waals surface area contributed by atoms with Crippen LogP contribution in [0.2, 0.25) is 0 Å². The molecule has 0 saturated carbocycles. The smallest absolute Gasteiger partial charge is 0.247 e. The van der Waals surface area contributed by atoms with E-state index in [1.54, 1.807) is 0 Å². The second-order valence-electron chi connectivity index (χ2n) is 3.99. The van der Waals surface area contributed by atoms with Gasteiger partial charge in [0.1, 0.15) is 6.67 Å². The third-order valence-electron chi connectivity index (χ3n) is 2.47. The Balaban J connectivity index is 2.56. The number of alkyl halides is 1. The average molecular weight is 185 g/mol. The summed E-state index contributed by atoms with van der Waals surface area (Å²) in [5.41, 5.74) is 0.765. The predicted molar refractivity (Wildman–Crippen MR) is 50.1 cm³/mol. The number of nitrogens with one attached hydrogen (secondary N) is 1. The summed E-state index contributed by atoms with van der Waals surface area (Å²) in [7, 11) is 0. The molecule has 0 unspecified atom stereocenters. The van der Waals surface area contributed by atoms with Gasteiger partial charge in [-0.2, -0.15) is 0 Å². The van der Waals surface area contributed by atoms with Crippen LogP contribution in [0.1, 0.15) is 26.7 Å². The first-order chi connectivity index (χ1) is 6.08. The van der Waals surface area contributed by atoms with Crippen LogP contribution in [0.25, 0.3) is 0 Å². The van der Waals surface area contributed by atoms with Crippen LogP contribution in [-0.4, -0.2) is 19.1 Å². The van der Waals surface area contributed by atoms with Crippen molar-refractivity contribution < 1.29 is 9.18 Å². The molecule has 0 fully saturated rings. The molecule has 1 rings (SSSR count). The quantitative estimate of drug-likeness (QED) is 0.714. The molecule has 0 aromatic heterocycles. The largest absolute Gasteiger partial charge is 0.350 e. The molecule has 1 aliphatic carbocycles. The Kier molecular flexibility index (Phi) is 3.07. The first-order valence-electron chi connectivity index (χ1n) is 4.63. The van der Waals surface area contributed by atoms with Gasteiger partial charge in [-0.15, -0.1) is 0 Å². The molecule has 0 radical (unpaired) electrons. The Bertz CT molecular complexity index is 233. The number of rotatable bonds is 3. The summed E-state index contributed by atoms with van der Waals surface area (Å²) >= 11 is 0. The van der Waals surface area contributed by atoms with Crippen molar-refractivity contribution in [1.29, 1.82) is 0 Å². The molecule has 1 aliphatic rings. The number of hydrogen-bond donors (Lipinski definition) is 1. The summed E-state index contributed by atoms with van der Waals surface area (Å²) in [4.78, 5) is 11.5. The molecule has 1 N–H and O–H groups in total. The van der Waals surface area contributed by atoms with Gasteiger partial charge in [0.25, 0.3) is 0 Å². The summed E-state index contributed by atoms with van der Waals surface area (Å²) in [5.74, 6) is -0.111. The normalized spacial score (nSPS) is 19.8. The minimum Gasteiger partial charge on any atom is -0.350 e. The zero-order valence-electron chi connectivity index (χ0n) is 8.19. The lowest BCUT2D eigenvalue weighted by Gasteiger charge is -2.21. The summed E-state index contributed by atoms with van der Waals surface area (Å²) in [6.45, 7) is 3.70. The maximum Gasteiger partial charge on any atom is 0.247 e. The molecule has 0 bridgehead atoms. The maximum absolute atomic E-state index is 11.8. The van der Waals surface area contributed by atoms with Crippen LogP contribution in [0.4, 0.5) is 4.39 Å². The van der Waals surface area contributed by atoms with Crippen molar-refractivity contribution in [3.05, 3.63) is 11.6 Å². The Morgan fingerprint density at radius 1 is 1.69 bits per heavy atom. The van der Waals surface area contributed by atoms with Crippen molar-refractivity contribution in [1.82, 2.24) is 5.32 Å². The van der Waals surface area contributed by atoms with E-state index in [1.165, 1.54) is 0 Å². The fourth-order valence-corrected chi connectivity index (χ4v) is 1.64. The van der Waals surface area contributed by atoms with E-state index >= 15 is 0 Å². The van der Waals surface area contributed by atoms with Crippen molar-refractivity contribution in [3.8, 4) is 0 Å². The van der Waals surface area contributed by atoms with Crippen LogP contribution < -0.4 is 5.32 Å². The van der Waals surface area contributed by atoms with Crippen LogP contribution in [0.3, 0.4) is 0 Å². The maximum atomic E-state index is 11.8. The van der Waals surface area contributed by atoms with Gasteiger partial charge in [-0.25, -0.2) is 4.39 Å². The number of amides is 1. The second kappa shape index (κ2) is 3.90. The molecule has 0 aromatic rings. The molecule has 2 nitrogen and oxygen atoms in total. The minimum absolute atomic E-state index is 0.0413. The molecule has 13 heavy (non-hydrogen) atoms. The first kappa shape index (κ1) is 10.2. The van der Waals surface area contributed by atoms with Gasteiger partial charge in [0.15, 0.2) is 0 Å². The van der Waals surface area contributed by atoms with E-state index in [0.29, 0.717) is 0 Å². The number of hydrogen-bond acceptors (Lipinski definition) is 1. The standard InChI is InChI=1S/C10H16FNO/c1-10(2)5-3-4-8(10)9(13)12-7-6-11/h4H,3,5-7H2,1-2H3,(H,12,13). The predicted octanol–water partition coefficient (Wildman–Crippen LogP) is 1.82. The lowest BCUT2D eigenvalue weighted by molar-refractivity contribution is -0.118. The summed E-state index contributed by atoms with van der Waals surface area (Å²) in [5, 5.41) is 2.55. The van der Waals surface area contributed by atoms with E-state index in [0.717, 1.165) is 18.4 Å². The van der Waals surface area contributed by atoms with Crippen LogP contribution >= 0.6 is 0 Å². The highest BCUT2D eigenvalue weighted by Gasteiger charge is 2.31. The van der Waals surface area contributed by atoms with Crippen LogP contribution in [-0.2, 0) is 4.79 Å². The van der Waals surface area contributed by atoms with Crippen molar-refractivity contribution in [2.24, 2.45) is 5.41 Å². The van der Waals surface area contributed by atoms with Crippen molar-refractivity contribution >= 4 is 5.91 Å². The SMILES string of the molecule is CC1(C)CCC=C1C(=O)NCCF. The summed E-state index contributed by atoms with van der Waals surface area (Å²) in [6, 6.07) is 0. The van der Waals surface area contributed by atoms with Crippen LogP contribution in [0, 0.1) is 5.41 Å². The molecule has 0 aromatic carbocycles. The lowest BCUT2D eigenvalue weighted by Crippen LogP contribution is -2.31. The fourth-order valence-electron chi connectivity index (χ4n) is 1.64. The van der Waals surface area contributed by atoms with Gasteiger partial charge in [-0.3, -0.25) is 4.79 Å². The highest BCUT2D eigenvalue weighted by atomic mass is 19.1. The van der Waals surface area contributed by atoms with E-state index < -0.39 is 6.67 Å². The topological polar surface area (TPSA) is 29.1 Å². The minimum atomic E-state index is -0.501. The number of halogens is 1. The number of allylic oxidation sites excluding steroid dienone is 1. The molecule has 74 valence electrons. The molecule has 1 amide bonds. The van der Waals surface area contributed by atoms with Gasteiger partial charge in [0.2, 0.25) is 5.91 Å². The van der Waals surface area contributed by atoms with Gasteiger partial charge >= 0.3 is 0 Å². The van der Waals surface area contributed by atoms with Gasteiger partial charge in [0.05, 0.1) is 0 Å². The molecular formula is C10H16FNO. The zero-order valence-corrected chi connectivity index (χ0v) is 8.19. The Morgan fingerprint density at radius 3 is 2.85 bits per heavy atom. The van der Waals surface area contributed by atoms with Crippen LogP contribution in [0.15, 0.2) is 11.6 Å². The first-order valence-corrected chi connectivity index (χ1v) is 4.63.